The predicted octanol–water partition coefficient (Wildman–Crippen LogP) is 4.08. The number of allylic oxidation sites excluding steroid dienone is 3. The SMILES string of the molecule is C=C[C@@](C)(CC=C(C)OC)c1ccc(OC)cc1. The summed E-state index contributed by atoms with van der Waals surface area (Å²) >= 11 is 0. The minimum absolute atomic E-state index is 0.0912. The van der Waals surface area contributed by atoms with Crippen molar-refractivity contribution in [3.05, 3.63) is 54.3 Å². The highest BCUT2D eigenvalue weighted by Gasteiger charge is 2.21. The molecule has 1 rings (SSSR count). The summed E-state index contributed by atoms with van der Waals surface area (Å²) < 4.78 is 10.3. The zero-order valence-electron chi connectivity index (χ0n) is 11.7. The molecule has 0 N–H and O–H groups in total. The Kier molecular flexibility index (Phi) is 5.02. The number of hydrogen-bond donors (Lipinski definition) is 0. The minimum Gasteiger partial charge on any atom is -0.502 e. The molecule has 1 aromatic carbocycles. The monoisotopic (exact) mass is 246 g/mol. The van der Waals surface area contributed by atoms with Gasteiger partial charge in [-0.05, 0) is 37.1 Å². The highest BCUT2D eigenvalue weighted by molar-refractivity contribution is 5.35. The first kappa shape index (κ1) is 14.4. The molecule has 1 atom stereocenters. The lowest BCUT2D eigenvalue weighted by molar-refractivity contribution is 0.290. The van der Waals surface area contributed by atoms with Gasteiger partial charge in [-0.1, -0.05) is 25.1 Å². The Morgan fingerprint density at radius 2 is 1.89 bits per heavy atom. The molecular formula is C16H22O2. The maximum absolute atomic E-state index is 5.17. The summed E-state index contributed by atoms with van der Waals surface area (Å²) in [7, 11) is 3.36. The third-order valence-electron chi connectivity index (χ3n) is 3.34. The van der Waals surface area contributed by atoms with Crippen LogP contribution in [-0.4, -0.2) is 14.2 Å². The Bertz CT molecular complexity index is 417. The van der Waals surface area contributed by atoms with Crippen LogP contribution in [0.1, 0.15) is 25.8 Å². The van der Waals surface area contributed by atoms with Crippen molar-refractivity contribution >= 4 is 0 Å². The summed E-state index contributed by atoms with van der Waals surface area (Å²) in [6.07, 6.45) is 4.93. The Morgan fingerprint density at radius 1 is 1.28 bits per heavy atom. The fraction of sp³-hybridized carbons (Fsp3) is 0.375. The van der Waals surface area contributed by atoms with Crippen LogP contribution in [0.4, 0.5) is 0 Å². The molecule has 0 heterocycles. The summed E-state index contributed by atoms with van der Waals surface area (Å²) in [4.78, 5) is 0. The average Bonchev–Trinajstić information content (AvgIpc) is 2.44. The second-order valence-corrected chi connectivity index (χ2v) is 4.57. The van der Waals surface area contributed by atoms with Crippen molar-refractivity contribution in [2.24, 2.45) is 0 Å². The van der Waals surface area contributed by atoms with Crippen LogP contribution in [0.15, 0.2) is 48.8 Å². The van der Waals surface area contributed by atoms with E-state index in [1.807, 2.05) is 25.1 Å². The van der Waals surface area contributed by atoms with E-state index >= 15 is 0 Å². The van der Waals surface area contributed by atoms with Crippen molar-refractivity contribution in [2.45, 2.75) is 25.7 Å². The van der Waals surface area contributed by atoms with Crippen molar-refractivity contribution in [3.63, 3.8) is 0 Å². The quantitative estimate of drug-likeness (QED) is 0.556. The molecule has 0 radical (unpaired) electrons. The minimum atomic E-state index is -0.0912. The highest BCUT2D eigenvalue weighted by Crippen LogP contribution is 2.31. The molecule has 0 aliphatic carbocycles. The molecule has 2 nitrogen and oxygen atoms in total. The zero-order chi connectivity index (χ0) is 13.6. The summed E-state index contributed by atoms with van der Waals surface area (Å²) in [6, 6.07) is 8.11. The second-order valence-electron chi connectivity index (χ2n) is 4.57. The highest BCUT2D eigenvalue weighted by atomic mass is 16.5. The van der Waals surface area contributed by atoms with E-state index in [1.54, 1.807) is 14.2 Å². The molecule has 0 saturated carbocycles. The third-order valence-corrected chi connectivity index (χ3v) is 3.34. The molecule has 0 aliphatic rings. The molecule has 98 valence electrons. The van der Waals surface area contributed by atoms with E-state index in [4.69, 9.17) is 9.47 Å². The molecule has 18 heavy (non-hydrogen) atoms. The number of hydrogen-bond acceptors (Lipinski definition) is 2. The smallest absolute Gasteiger partial charge is 0.118 e. The molecule has 0 bridgehead atoms. The van der Waals surface area contributed by atoms with Crippen LogP contribution < -0.4 is 4.74 Å². The zero-order valence-corrected chi connectivity index (χ0v) is 11.7. The first-order valence-electron chi connectivity index (χ1n) is 6.04. The van der Waals surface area contributed by atoms with Crippen LogP contribution in [0.5, 0.6) is 5.75 Å². The molecule has 0 aromatic heterocycles. The van der Waals surface area contributed by atoms with Crippen molar-refractivity contribution < 1.29 is 9.47 Å². The van der Waals surface area contributed by atoms with Gasteiger partial charge in [-0.3, -0.25) is 0 Å². The fourth-order valence-electron chi connectivity index (χ4n) is 1.73. The van der Waals surface area contributed by atoms with E-state index in [1.165, 1.54) is 5.56 Å². The average molecular weight is 246 g/mol. The van der Waals surface area contributed by atoms with E-state index in [0.29, 0.717) is 0 Å². The number of rotatable bonds is 6. The van der Waals surface area contributed by atoms with Gasteiger partial charge in [0.05, 0.1) is 20.0 Å². The standard InChI is InChI=1S/C16H22O2/c1-6-16(3,12-11-13(2)17-4)14-7-9-15(18-5)10-8-14/h6-11H,1,12H2,2-5H3/t16-/m0/s1. The molecule has 1 aromatic rings. The van der Waals surface area contributed by atoms with Gasteiger partial charge in [-0.25, -0.2) is 0 Å². The number of benzene rings is 1. The number of methoxy groups -OCH3 is 2. The molecule has 0 aliphatic heterocycles. The molecule has 2 heteroatoms. The lowest BCUT2D eigenvalue weighted by Gasteiger charge is -2.25. The summed E-state index contributed by atoms with van der Waals surface area (Å²) in [6.45, 7) is 8.08. The maximum atomic E-state index is 5.17. The largest absolute Gasteiger partial charge is 0.502 e. The van der Waals surface area contributed by atoms with E-state index in [0.717, 1.165) is 17.9 Å². The van der Waals surface area contributed by atoms with Gasteiger partial charge in [-0.15, -0.1) is 6.58 Å². The Labute approximate surface area is 110 Å². The van der Waals surface area contributed by atoms with Crippen LogP contribution in [-0.2, 0) is 10.2 Å². The van der Waals surface area contributed by atoms with Gasteiger partial charge in [0.15, 0.2) is 0 Å². The van der Waals surface area contributed by atoms with Gasteiger partial charge in [-0.2, -0.15) is 0 Å². The van der Waals surface area contributed by atoms with Crippen molar-refractivity contribution in [1.29, 1.82) is 0 Å². The predicted molar refractivity (Wildman–Crippen MR) is 75.9 cm³/mol. The Balaban J connectivity index is 2.95. The van der Waals surface area contributed by atoms with Gasteiger partial charge in [0.25, 0.3) is 0 Å². The van der Waals surface area contributed by atoms with E-state index in [9.17, 15) is 0 Å². The summed E-state index contributed by atoms with van der Waals surface area (Å²) in [5.41, 5.74) is 1.13. The van der Waals surface area contributed by atoms with Crippen molar-refractivity contribution in [1.82, 2.24) is 0 Å². The summed E-state index contributed by atoms with van der Waals surface area (Å²) in [5.74, 6) is 1.80. The first-order valence-corrected chi connectivity index (χ1v) is 6.04. The lowest BCUT2D eigenvalue weighted by atomic mass is 9.79. The second kappa shape index (κ2) is 6.29. The Morgan fingerprint density at radius 3 is 2.33 bits per heavy atom. The molecule has 0 spiro atoms. The fourth-order valence-corrected chi connectivity index (χ4v) is 1.73. The van der Waals surface area contributed by atoms with Gasteiger partial charge < -0.3 is 9.47 Å². The van der Waals surface area contributed by atoms with Crippen LogP contribution in [0.2, 0.25) is 0 Å². The van der Waals surface area contributed by atoms with Gasteiger partial charge in [0, 0.05) is 5.41 Å². The normalized spacial score (nSPS) is 14.8. The Hall–Kier alpha value is -1.70. The molecule has 0 fully saturated rings. The van der Waals surface area contributed by atoms with Gasteiger partial charge >= 0.3 is 0 Å². The van der Waals surface area contributed by atoms with Gasteiger partial charge in [0.2, 0.25) is 0 Å². The topological polar surface area (TPSA) is 18.5 Å². The van der Waals surface area contributed by atoms with E-state index < -0.39 is 0 Å². The van der Waals surface area contributed by atoms with Crippen LogP contribution in [0.25, 0.3) is 0 Å². The molecule has 0 unspecified atom stereocenters. The third kappa shape index (κ3) is 3.39. The van der Waals surface area contributed by atoms with Crippen LogP contribution >= 0.6 is 0 Å². The number of ether oxygens (including phenoxy) is 2. The lowest BCUT2D eigenvalue weighted by Crippen LogP contribution is -2.17. The van der Waals surface area contributed by atoms with Crippen LogP contribution in [0, 0.1) is 0 Å². The van der Waals surface area contributed by atoms with Crippen molar-refractivity contribution in [3.8, 4) is 5.75 Å². The van der Waals surface area contributed by atoms with Crippen LogP contribution in [0.3, 0.4) is 0 Å². The van der Waals surface area contributed by atoms with Gasteiger partial charge in [0.1, 0.15) is 5.75 Å². The molecular weight excluding hydrogens is 224 g/mol. The maximum Gasteiger partial charge on any atom is 0.118 e. The molecule has 0 amide bonds. The summed E-state index contributed by atoms with van der Waals surface area (Å²) in [5, 5.41) is 0. The molecule has 0 saturated heterocycles. The first-order chi connectivity index (χ1) is 8.55. The van der Waals surface area contributed by atoms with E-state index in [2.05, 4.69) is 31.7 Å². The van der Waals surface area contributed by atoms with Crippen molar-refractivity contribution in [2.75, 3.05) is 14.2 Å². The van der Waals surface area contributed by atoms with E-state index in [-0.39, 0.29) is 5.41 Å².